The smallest absolute Gasteiger partial charge is 0.284 e. The van der Waals surface area contributed by atoms with Crippen molar-refractivity contribution in [2.45, 2.75) is 30.2 Å². The fourth-order valence-corrected chi connectivity index (χ4v) is 3.89. The number of nitrogens with zero attached hydrogens (tertiary/aromatic N) is 1. The second-order valence-corrected chi connectivity index (χ2v) is 7.20. The summed E-state index contributed by atoms with van der Waals surface area (Å²) in [5, 5.41) is 9.67. The molecule has 3 saturated carbocycles. The Hall–Kier alpha value is -1.93. The van der Waals surface area contributed by atoms with Crippen LogP contribution >= 0.6 is 23.8 Å². The maximum atomic E-state index is 13.3. The molecule has 3 fully saturated rings. The monoisotopic (exact) mass is 369 g/mol. The van der Waals surface area contributed by atoms with Crippen molar-refractivity contribution >= 4 is 29.7 Å². The molecule has 9 heteroatoms. The number of benzene rings is 1. The van der Waals surface area contributed by atoms with E-state index in [1.54, 1.807) is 0 Å². The molecule has 3 aliphatic carbocycles. The van der Waals surface area contributed by atoms with E-state index < -0.39 is 5.82 Å². The molecule has 0 radical (unpaired) electrons. The van der Waals surface area contributed by atoms with Crippen molar-refractivity contribution in [2.75, 3.05) is 6.61 Å². The normalized spacial score (nSPS) is 27.1. The molecule has 24 heavy (non-hydrogen) atoms. The van der Waals surface area contributed by atoms with Crippen LogP contribution in [0, 0.1) is 10.7 Å². The molecule has 1 aromatic heterocycles. The Morgan fingerprint density at radius 1 is 1.50 bits per heavy atom. The first-order chi connectivity index (χ1) is 11.4. The second kappa shape index (κ2) is 5.29. The number of hydrogen-bond acceptors (Lipinski definition) is 5. The summed E-state index contributed by atoms with van der Waals surface area (Å²) in [6.07, 6.45) is 2.30. The number of halogens is 2. The lowest BCUT2D eigenvalue weighted by molar-refractivity contribution is -0.143. The third-order valence-electron chi connectivity index (χ3n) is 4.59. The Labute approximate surface area is 146 Å². The van der Waals surface area contributed by atoms with Crippen LogP contribution in [0.25, 0.3) is 0 Å². The first-order valence-electron chi connectivity index (χ1n) is 7.35. The average molecular weight is 370 g/mol. The molecule has 3 aliphatic rings. The zero-order valence-electron chi connectivity index (χ0n) is 12.4. The van der Waals surface area contributed by atoms with E-state index in [2.05, 4.69) is 15.5 Å². The quantitative estimate of drug-likeness (QED) is 0.792. The van der Waals surface area contributed by atoms with Gasteiger partial charge in [0.2, 0.25) is 5.89 Å². The summed E-state index contributed by atoms with van der Waals surface area (Å²) < 4.78 is 24.0. The van der Waals surface area contributed by atoms with E-state index >= 15 is 0 Å². The van der Waals surface area contributed by atoms with Crippen molar-refractivity contribution < 1.29 is 18.3 Å². The number of H-pyrrole nitrogens is 1. The Morgan fingerprint density at radius 3 is 2.88 bits per heavy atom. The third-order valence-corrected chi connectivity index (χ3v) is 5.07. The molecule has 0 atom stereocenters. The molecule has 5 rings (SSSR count). The van der Waals surface area contributed by atoms with Gasteiger partial charge in [0.15, 0.2) is 6.61 Å². The molecule has 2 aromatic rings. The van der Waals surface area contributed by atoms with Crippen LogP contribution in [0.15, 0.2) is 22.6 Å². The number of aromatic amines is 1. The molecule has 0 aliphatic heterocycles. The molecule has 1 amide bonds. The van der Waals surface area contributed by atoms with Gasteiger partial charge in [-0.3, -0.25) is 4.79 Å². The van der Waals surface area contributed by atoms with Gasteiger partial charge in [0.25, 0.3) is 10.7 Å². The standard InChI is InChI=1S/C15H13ClFN3O3S/c16-9-2-1-8(3-10(9)17)22-4-11(21)18-15-5-14(6-15,7-15)12-19-20-13(24)23-12/h1-3H,4-7H2,(H,18,21)(H,20,24). The number of carbonyl (C=O) groups is 1. The van der Waals surface area contributed by atoms with Crippen molar-refractivity contribution in [2.24, 2.45) is 0 Å². The number of ether oxygens (including phenoxy) is 1. The second-order valence-electron chi connectivity index (χ2n) is 6.42. The number of amides is 1. The van der Waals surface area contributed by atoms with Crippen LogP contribution < -0.4 is 10.1 Å². The zero-order chi connectivity index (χ0) is 16.9. The van der Waals surface area contributed by atoms with Gasteiger partial charge in [-0.15, -0.1) is 5.10 Å². The summed E-state index contributed by atoms with van der Waals surface area (Å²) >= 11 is 10.5. The summed E-state index contributed by atoms with van der Waals surface area (Å²) in [6.45, 7) is -0.182. The number of nitrogens with one attached hydrogen (secondary N) is 2. The van der Waals surface area contributed by atoms with Crippen molar-refractivity contribution in [3.63, 3.8) is 0 Å². The Morgan fingerprint density at radius 2 is 2.25 bits per heavy atom. The number of rotatable bonds is 5. The third kappa shape index (κ3) is 2.50. The maximum Gasteiger partial charge on any atom is 0.284 e. The minimum atomic E-state index is -0.584. The topological polar surface area (TPSA) is 80.1 Å². The fourth-order valence-electron chi connectivity index (χ4n) is 3.65. The van der Waals surface area contributed by atoms with Gasteiger partial charge in [0.05, 0.1) is 10.4 Å². The minimum absolute atomic E-state index is 0.0111. The molecular formula is C15H13ClFN3O3S. The van der Waals surface area contributed by atoms with Crippen LogP contribution in [0.4, 0.5) is 4.39 Å². The van der Waals surface area contributed by atoms with Crippen LogP contribution in [0.1, 0.15) is 25.2 Å². The van der Waals surface area contributed by atoms with E-state index in [0.29, 0.717) is 5.89 Å². The predicted molar refractivity (Wildman–Crippen MR) is 85.0 cm³/mol. The number of aromatic nitrogens is 2. The lowest BCUT2D eigenvalue weighted by Crippen LogP contribution is -2.77. The van der Waals surface area contributed by atoms with Gasteiger partial charge in [0, 0.05) is 11.6 Å². The van der Waals surface area contributed by atoms with E-state index in [9.17, 15) is 9.18 Å². The highest BCUT2D eigenvalue weighted by Gasteiger charge is 2.71. The van der Waals surface area contributed by atoms with Gasteiger partial charge >= 0.3 is 0 Å². The van der Waals surface area contributed by atoms with Crippen LogP contribution in [0.2, 0.25) is 5.02 Å². The summed E-state index contributed by atoms with van der Waals surface area (Å²) in [4.78, 5) is 12.3. The summed E-state index contributed by atoms with van der Waals surface area (Å²) in [5.74, 6) is 0.0345. The lowest BCUT2D eigenvalue weighted by atomic mass is 9.39. The van der Waals surface area contributed by atoms with Gasteiger partial charge in [0.1, 0.15) is 11.6 Å². The SMILES string of the molecule is O=C(COc1ccc(Cl)c(F)c1)NC12CC(c3n[nH]c(=S)o3)(C1)C2. The predicted octanol–water partition coefficient (Wildman–Crippen LogP) is 2.89. The molecular weight excluding hydrogens is 357 g/mol. The number of hydrogen-bond donors (Lipinski definition) is 2. The van der Waals surface area contributed by atoms with Crippen LogP contribution in [0.5, 0.6) is 5.75 Å². The first-order valence-corrected chi connectivity index (χ1v) is 8.13. The van der Waals surface area contributed by atoms with Crippen molar-refractivity contribution in [1.29, 1.82) is 0 Å². The van der Waals surface area contributed by atoms with Gasteiger partial charge in [-0.1, -0.05) is 11.6 Å². The number of carbonyl (C=O) groups excluding carboxylic acids is 1. The molecule has 126 valence electrons. The molecule has 1 heterocycles. The van der Waals surface area contributed by atoms with E-state index in [4.69, 9.17) is 33.0 Å². The van der Waals surface area contributed by atoms with Gasteiger partial charge in [-0.2, -0.15) is 0 Å². The minimum Gasteiger partial charge on any atom is -0.484 e. The summed E-state index contributed by atoms with van der Waals surface area (Å²) in [7, 11) is 0. The fraction of sp³-hybridized carbons (Fsp3) is 0.400. The lowest BCUT2D eigenvalue weighted by Gasteiger charge is -2.68. The summed E-state index contributed by atoms with van der Waals surface area (Å²) in [5.41, 5.74) is -0.331. The first kappa shape index (κ1) is 15.6. The molecule has 1 aromatic carbocycles. The molecule has 2 N–H and O–H groups in total. The van der Waals surface area contributed by atoms with Crippen LogP contribution in [-0.2, 0) is 10.2 Å². The Bertz CT molecular complexity index is 861. The highest BCUT2D eigenvalue weighted by atomic mass is 35.5. The summed E-state index contributed by atoms with van der Waals surface area (Å²) in [6, 6.07) is 4.05. The van der Waals surface area contributed by atoms with E-state index in [-0.39, 0.29) is 39.1 Å². The molecule has 0 unspecified atom stereocenters. The Balaban J connectivity index is 1.29. The zero-order valence-corrected chi connectivity index (χ0v) is 14.0. The van der Waals surface area contributed by atoms with Crippen LogP contribution in [0.3, 0.4) is 0 Å². The van der Waals surface area contributed by atoms with Crippen molar-refractivity contribution in [3.8, 4) is 5.75 Å². The largest absolute Gasteiger partial charge is 0.484 e. The van der Waals surface area contributed by atoms with E-state index in [1.165, 1.54) is 12.1 Å². The average Bonchev–Trinajstić information content (AvgIpc) is 2.89. The molecule has 2 bridgehead atoms. The van der Waals surface area contributed by atoms with Gasteiger partial charge in [-0.05, 0) is 43.6 Å². The highest BCUT2D eigenvalue weighted by Crippen LogP contribution is 2.67. The van der Waals surface area contributed by atoms with E-state index in [1.807, 2.05) is 0 Å². The van der Waals surface area contributed by atoms with Gasteiger partial charge in [-0.25, -0.2) is 9.49 Å². The van der Waals surface area contributed by atoms with Crippen molar-refractivity contribution in [3.05, 3.63) is 39.8 Å². The Kier molecular flexibility index (Phi) is 3.43. The van der Waals surface area contributed by atoms with E-state index in [0.717, 1.165) is 25.3 Å². The molecule has 0 saturated heterocycles. The van der Waals surface area contributed by atoms with Crippen LogP contribution in [-0.4, -0.2) is 28.3 Å². The van der Waals surface area contributed by atoms with Gasteiger partial charge < -0.3 is 14.5 Å². The molecule has 6 nitrogen and oxygen atoms in total. The molecule has 0 spiro atoms. The van der Waals surface area contributed by atoms with Crippen molar-refractivity contribution in [1.82, 2.24) is 15.5 Å². The highest BCUT2D eigenvalue weighted by molar-refractivity contribution is 7.71. The maximum absolute atomic E-state index is 13.3.